The topological polar surface area (TPSA) is 21.3 Å². The van der Waals surface area contributed by atoms with Gasteiger partial charge in [0.15, 0.2) is 0 Å². The number of benzene rings is 3. The molecule has 0 unspecified atom stereocenters. The van der Waals surface area contributed by atoms with Gasteiger partial charge in [0.1, 0.15) is 5.75 Å². The van der Waals surface area contributed by atoms with Crippen LogP contribution < -0.4 is 10.1 Å². The zero-order chi connectivity index (χ0) is 21.4. The number of hydrogen-bond acceptors (Lipinski definition) is 3. The summed E-state index contributed by atoms with van der Waals surface area (Å²) in [6, 6.07) is 21.2. The van der Waals surface area contributed by atoms with Crippen LogP contribution in [-0.2, 0) is 0 Å². The van der Waals surface area contributed by atoms with Gasteiger partial charge in [-0.25, -0.2) is 0 Å². The Morgan fingerprint density at radius 1 is 0.900 bits per heavy atom. The van der Waals surface area contributed by atoms with Crippen molar-refractivity contribution >= 4 is 22.5 Å². The van der Waals surface area contributed by atoms with E-state index in [1.165, 1.54) is 28.5 Å². The summed E-state index contributed by atoms with van der Waals surface area (Å²) < 4.78 is 40.4. The van der Waals surface area contributed by atoms with Crippen LogP contribution in [0.1, 0.15) is 37.8 Å². The molecule has 3 aromatic carbocycles. The van der Waals surface area contributed by atoms with Crippen LogP contribution in [0.15, 0.2) is 71.6 Å². The van der Waals surface area contributed by atoms with Gasteiger partial charge in [0.25, 0.3) is 0 Å². The van der Waals surface area contributed by atoms with Gasteiger partial charge in [-0.3, -0.25) is 0 Å². The summed E-state index contributed by atoms with van der Waals surface area (Å²) in [5.74, 6) is 0.761. The highest BCUT2D eigenvalue weighted by molar-refractivity contribution is 7.99. The molecule has 160 valence electrons. The Morgan fingerprint density at radius 3 is 2.40 bits per heavy atom. The van der Waals surface area contributed by atoms with Crippen molar-refractivity contribution in [1.82, 2.24) is 5.32 Å². The lowest BCUT2D eigenvalue weighted by Gasteiger charge is -2.16. The van der Waals surface area contributed by atoms with Crippen LogP contribution >= 0.6 is 11.8 Å². The predicted molar refractivity (Wildman–Crippen MR) is 118 cm³/mol. The van der Waals surface area contributed by atoms with Gasteiger partial charge in [-0.05, 0) is 72.7 Å². The van der Waals surface area contributed by atoms with Crippen LogP contribution in [0.4, 0.5) is 13.2 Å². The van der Waals surface area contributed by atoms with E-state index >= 15 is 0 Å². The van der Waals surface area contributed by atoms with E-state index in [0.29, 0.717) is 6.04 Å². The maximum absolute atomic E-state index is 12.2. The van der Waals surface area contributed by atoms with Gasteiger partial charge < -0.3 is 10.1 Å². The number of hydrogen-bond donors (Lipinski definition) is 1. The highest BCUT2D eigenvalue weighted by Gasteiger charge is 2.30. The predicted octanol–water partition coefficient (Wildman–Crippen LogP) is 7.35. The SMILES string of the molecule is C[C@@H](NCCCCCSc1ccc(OC(F)(F)F)cc1)c1cccc2ccccc12. The molecule has 0 aliphatic heterocycles. The minimum absolute atomic E-state index is 0.182. The smallest absolute Gasteiger partial charge is 0.406 e. The van der Waals surface area contributed by atoms with Crippen molar-refractivity contribution in [3.8, 4) is 5.75 Å². The molecule has 0 fully saturated rings. The van der Waals surface area contributed by atoms with E-state index in [-0.39, 0.29) is 5.75 Å². The molecule has 0 aromatic heterocycles. The molecule has 3 rings (SSSR count). The number of rotatable bonds is 10. The molecule has 3 aromatic rings. The quantitative estimate of drug-likeness (QED) is 0.267. The Bertz CT molecular complexity index is 922. The third-order valence-electron chi connectivity index (χ3n) is 4.89. The van der Waals surface area contributed by atoms with Gasteiger partial charge >= 0.3 is 6.36 Å². The summed E-state index contributed by atoms with van der Waals surface area (Å²) in [4.78, 5) is 0.951. The standard InChI is InChI=1S/C24H26F3NOS/c1-18(22-11-7-9-19-8-3-4-10-23(19)22)28-16-5-2-6-17-30-21-14-12-20(13-15-21)29-24(25,26)27/h3-4,7-15,18,28H,2,5-6,16-17H2,1H3/t18-/m1/s1. The molecule has 0 heterocycles. The lowest BCUT2D eigenvalue weighted by Crippen LogP contribution is -2.20. The Kier molecular flexibility index (Phi) is 8.05. The van der Waals surface area contributed by atoms with E-state index in [0.717, 1.165) is 36.5 Å². The molecule has 6 heteroatoms. The first-order valence-corrected chi connectivity index (χ1v) is 11.1. The van der Waals surface area contributed by atoms with Crippen molar-refractivity contribution in [2.24, 2.45) is 0 Å². The molecule has 1 N–H and O–H groups in total. The molecular weight excluding hydrogens is 407 g/mol. The van der Waals surface area contributed by atoms with Crippen molar-refractivity contribution in [2.45, 2.75) is 43.5 Å². The van der Waals surface area contributed by atoms with Crippen molar-refractivity contribution < 1.29 is 17.9 Å². The zero-order valence-corrected chi connectivity index (χ0v) is 17.7. The number of nitrogens with one attached hydrogen (secondary N) is 1. The Morgan fingerprint density at radius 2 is 1.63 bits per heavy atom. The van der Waals surface area contributed by atoms with E-state index in [1.807, 2.05) is 0 Å². The van der Waals surface area contributed by atoms with Crippen molar-refractivity contribution in [3.05, 3.63) is 72.3 Å². The average Bonchev–Trinajstić information content (AvgIpc) is 2.72. The summed E-state index contributed by atoms with van der Waals surface area (Å²) in [6.07, 6.45) is -1.38. The summed E-state index contributed by atoms with van der Waals surface area (Å²) in [6.45, 7) is 3.16. The number of alkyl halides is 3. The van der Waals surface area contributed by atoms with Crippen molar-refractivity contribution in [3.63, 3.8) is 0 Å². The summed E-state index contributed by atoms with van der Waals surface area (Å²) in [5.41, 5.74) is 1.32. The van der Waals surface area contributed by atoms with Gasteiger partial charge in [0, 0.05) is 10.9 Å². The summed E-state index contributed by atoms with van der Waals surface area (Å²) >= 11 is 1.65. The van der Waals surface area contributed by atoms with Crippen LogP contribution in [0.25, 0.3) is 10.8 Å². The van der Waals surface area contributed by atoms with Crippen LogP contribution in [0.3, 0.4) is 0 Å². The minimum atomic E-state index is -4.65. The highest BCUT2D eigenvalue weighted by Crippen LogP contribution is 2.27. The second kappa shape index (κ2) is 10.7. The molecule has 1 atom stereocenters. The third kappa shape index (κ3) is 6.96. The summed E-state index contributed by atoms with van der Waals surface area (Å²) in [5, 5.41) is 6.17. The normalized spacial score (nSPS) is 12.8. The van der Waals surface area contributed by atoms with E-state index in [9.17, 15) is 13.2 Å². The molecule has 0 saturated heterocycles. The first kappa shape index (κ1) is 22.5. The number of fused-ring (bicyclic) bond motifs is 1. The fraction of sp³-hybridized carbons (Fsp3) is 0.333. The lowest BCUT2D eigenvalue weighted by molar-refractivity contribution is -0.274. The first-order chi connectivity index (χ1) is 14.4. The van der Waals surface area contributed by atoms with Gasteiger partial charge in [-0.15, -0.1) is 24.9 Å². The van der Waals surface area contributed by atoms with Gasteiger partial charge in [-0.1, -0.05) is 48.9 Å². The molecular formula is C24H26F3NOS. The third-order valence-corrected chi connectivity index (χ3v) is 5.99. The van der Waals surface area contributed by atoms with Crippen LogP contribution in [-0.4, -0.2) is 18.7 Å². The number of thioether (sulfide) groups is 1. The van der Waals surface area contributed by atoms with Crippen molar-refractivity contribution in [2.75, 3.05) is 12.3 Å². The van der Waals surface area contributed by atoms with E-state index in [4.69, 9.17) is 0 Å². The monoisotopic (exact) mass is 433 g/mol. The summed E-state index contributed by atoms with van der Waals surface area (Å²) in [7, 11) is 0. The first-order valence-electron chi connectivity index (χ1n) is 10.1. The largest absolute Gasteiger partial charge is 0.573 e. The molecule has 30 heavy (non-hydrogen) atoms. The van der Waals surface area contributed by atoms with Gasteiger partial charge in [0.2, 0.25) is 0 Å². The molecule has 2 nitrogen and oxygen atoms in total. The average molecular weight is 434 g/mol. The van der Waals surface area contributed by atoms with Crippen LogP contribution in [0.5, 0.6) is 5.75 Å². The van der Waals surface area contributed by atoms with Crippen LogP contribution in [0.2, 0.25) is 0 Å². The fourth-order valence-electron chi connectivity index (χ4n) is 3.39. The van der Waals surface area contributed by atoms with E-state index in [2.05, 4.69) is 59.4 Å². The van der Waals surface area contributed by atoms with Crippen molar-refractivity contribution in [1.29, 1.82) is 0 Å². The Hall–Kier alpha value is -2.18. The zero-order valence-electron chi connectivity index (χ0n) is 16.9. The number of unbranched alkanes of at least 4 members (excludes halogenated alkanes) is 2. The molecule has 0 spiro atoms. The van der Waals surface area contributed by atoms with Crippen LogP contribution in [0, 0.1) is 0 Å². The second-order valence-corrected chi connectivity index (χ2v) is 8.34. The second-order valence-electron chi connectivity index (χ2n) is 7.17. The molecule has 0 aliphatic carbocycles. The molecule has 0 bridgehead atoms. The van der Waals surface area contributed by atoms with E-state index in [1.54, 1.807) is 23.9 Å². The fourth-order valence-corrected chi connectivity index (χ4v) is 4.30. The molecule has 0 aliphatic rings. The molecule has 0 radical (unpaired) electrons. The number of ether oxygens (including phenoxy) is 1. The Labute approximate surface area is 179 Å². The Balaban J connectivity index is 1.33. The maximum Gasteiger partial charge on any atom is 0.573 e. The minimum Gasteiger partial charge on any atom is -0.406 e. The van der Waals surface area contributed by atoms with E-state index < -0.39 is 6.36 Å². The highest BCUT2D eigenvalue weighted by atomic mass is 32.2. The molecule has 0 saturated carbocycles. The lowest BCUT2D eigenvalue weighted by atomic mass is 9.99. The van der Waals surface area contributed by atoms with Gasteiger partial charge in [-0.2, -0.15) is 0 Å². The number of halogens is 3. The van der Waals surface area contributed by atoms with Gasteiger partial charge in [0.05, 0.1) is 0 Å². The maximum atomic E-state index is 12.2. The molecule has 0 amide bonds.